The van der Waals surface area contributed by atoms with Crippen LogP contribution in [0.1, 0.15) is 76.7 Å². The molecule has 39 heavy (non-hydrogen) atoms. The Labute approximate surface area is 224 Å². The lowest BCUT2D eigenvalue weighted by Gasteiger charge is -2.39. The molecule has 4 rings (SSSR count). The summed E-state index contributed by atoms with van der Waals surface area (Å²) in [5.41, 5.74) is -1.04. The molecule has 2 unspecified atom stereocenters. The average Bonchev–Trinajstić information content (AvgIpc) is 2.88. The van der Waals surface area contributed by atoms with Crippen molar-refractivity contribution in [2.75, 3.05) is 6.61 Å². The maximum absolute atomic E-state index is 15.0. The molecule has 2 aromatic rings. The minimum Gasteiger partial charge on any atom is -0.432 e. The van der Waals surface area contributed by atoms with E-state index in [4.69, 9.17) is 9.47 Å². The van der Waals surface area contributed by atoms with Gasteiger partial charge >= 0.3 is 12.3 Å². The molecule has 1 saturated heterocycles. The van der Waals surface area contributed by atoms with Crippen LogP contribution < -0.4 is 4.74 Å². The van der Waals surface area contributed by atoms with Crippen LogP contribution in [0.5, 0.6) is 5.75 Å². The van der Waals surface area contributed by atoms with Gasteiger partial charge in [-0.1, -0.05) is 51.4 Å². The lowest BCUT2D eigenvalue weighted by atomic mass is 9.76. The van der Waals surface area contributed by atoms with Crippen LogP contribution in [0.25, 0.3) is 10.8 Å². The molecule has 2 aromatic carbocycles. The molecule has 1 aliphatic heterocycles. The van der Waals surface area contributed by atoms with E-state index in [9.17, 15) is 22.0 Å². The van der Waals surface area contributed by atoms with E-state index in [2.05, 4.69) is 6.92 Å². The highest BCUT2D eigenvalue weighted by atomic mass is 19.4. The van der Waals surface area contributed by atoms with Crippen molar-refractivity contribution in [1.82, 2.24) is 0 Å². The Bertz CT molecular complexity index is 1180. The van der Waals surface area contributed by atoms with Crippen molar-refractivity contribution in [2.24, 2.45) is 17.8 Å². The second kappa shape index (κ2) is 12.4. The summed E-state index contributed by atoms with van der Waals surface area (Å²) in [7, 11) is 0. The molecule has 1 heterocycles. The van der Waals surface area contributed by atoms with Gasteiger partial charge in [-0.2, -0.15) is 22.0 Å². The van der Waals surface area contributed by atoms with Crippen LogP contribution in [0.3, 0.4) is 0 Å². The molecule has 9 heteroatoms. The van der Waals surface area contributed by atoms with Gasteiger partial charge < -0.3 is 9.47 Å². The minimum atomic E-state index is -4.92. The number of hydrogen-bond acceptors (Lipinski definition) is 2. The summed E-state index contributed by atoms with van der Waals surface area (Å²) in [5.74, 6) is -0.695. The zero-order valence-corrected chi connectivity index (χ0v) is 21.9. The minimum absolute atomic E-state index is 0.0325. The van der Waals surface area contributed by atoms with E-state index in [1.165, 1.54) is 31.6 Å². The first-order chi connectivity index (χ1) is 18.5. The number of rotatable bonds is 8. The van der Waals surface area contributed by atoms with Gasteiger partial charge in [0.1, 0.15) is 17.4 Å². The maximum atomic E-state index is 15.0. The van der Waals surface area contributed by atoms with Gasteiger partial charge in [0.2, 0.25) is 0 Å². The Morgan fingerprint density at radius 2 is 1.69 bits per heavy atom. The van der Waals surface area contributed by atoms with E-state index in [-0.39, 0.29) is 35.7 Å². The maximum Gasteiger partial charge on any atom is 0.458 e. The number of halogens is 7. The summed E-state index contributed by atoms with van der Waals surface area (Å²) in [4.78, 5) is 0. The molecule has 2 atom stereocenters. The fourth-order valence-corrected chi connectivity index (χ4v) is 5.80. The average molecular weight is 559 g/mol. The second-order valence-electron chi connectivity index (χ2n) is 10.8. The molecule has 0 bridgehead atoms. The monoisotopic (exact) mass is 558 g/mol. The molecule has 1 saturated carbocycles. The van der Waals surface area contributed by atoms with Crippen molar-refractivity contribution in [3.63, 3.8) is 0 Å². The van der Waals surface area contributed by atoms with Crippen molar-refractivity contribution in [3.05, 3.63) is 41.5 Å². The first-order valence-electron chi connectivity index (χ1n) is 13.7. The second-order valence-corrected chi connectivity index (χ2v) is 10.8. The molecule has 2 aliphatic rings. The first kappa shape index (κ1) is 29.5. The predicted molar refractivity (Wildman–Crippen MR) is 134 cm³/mol. The quantitative estimate of drug-likeness (QED) is 0.183. The molecular weight excluding hydrogens is 525 g/mol. The SMILES string of the molecule is CCCCCC1CCC(C2CCC(C(F)(F)Oc3ccc4c(F)c(C#CC(F)(F)F)c(F)cc4c3)CO2)CC1. The Kier molecular flexibility index (Phi) is 9.36. The number of fused-ring (bicyclic) bond motifs is 1. The molecule has 2 fully saturated rings. The van der Waals surface area contributed by atoms with Gasteiger partial charge in [-0.15, -0.1) is 0 Å². The fraction of sp³-hybridized carbons (Fsp3) is 0.600. The molecule has 1 aliphatic carbocycles. The summed E-state index contributed by atoms with van der Waals surface area (Å²) < 4.78 is 107. The van der Waals surface area contributed by atoms with Gasteiger partial charge in [-0.25, -0.2) is 8.78 Å². The molecule has 0 radical (unpaired) electrons. The van der Waals surface area contributed by atoms with Gasteiger partial charge in [-0.3, -0.25) is 0 Å². The Morgan fingerprint density at radius 3 is 2.33 bits per heavy atom. The van der Waals surface area contributed by atoms with Crippen molar-refractivity contribution in [1.29, 1.82) is 0 Å². The van der Waals surface area contributed by atoms with Crippen molar-refractivity contribution in [3.8, 4) is 17.6 Å². The third-order valence-corrected chi connectivity index (χ3v) is 8.00. The van der Waals surface area contributed by atoms with E-state index < -0.39 is 35.4 Å². The van der Waals surface area contributed by atoms with Gasteiger partial charge in [0, 0.05) is 11.3 Å². The summed E-state index contributed by atoms with van der Waals surface area (Å²) in [6, 6.07) is 3.91. The summed E-state index contributed by atoms with van der Waals surface area (Å²) in [6.07, 6.45) is 1.67. The van der Waals surface area contributed by atoms with Crippen LogP contribution in [0.15, 0.2) is 24.3 Å². The summed E-state index contributed by atoms with van der Waals surface area (Å²) >= 11 is 0. The highest BCUT2D eigenvalue weighted by Crippen LogP contribution is 2.41. The Morgan fingerprint density at radius 1 is 0.949 bits per heavy atom. The number of alkyl halides is 5. The van der Waals surface area contributed by atoms with Crippen LogP contribution in [0, 0.1) is 41.2 Å². The third-order valence-electron chi connectivity index (χ3n) is 8.00. The Balaban J connectivity index is 1.35. The van der Waals surface area contributed by atoms with Gasteiger partial charge in [-0.05, 0) is 67.2 Å². The number of benzene rings is 2. The van der Waals surface area contributed by atoms with Crippen molar-refractivity contribution in [2.45, 2.75) is 89.5 Å². The van der Waals surface area contributed by atoms with Gasteiger partial charge in [0.15, 0.2) is 0 Å². The third kappa shape index (κ3) is 7.59. The highest BCUT2D eigenvalue weighted by molar-refractivity contribution is 5.86. The van der Waals surface area contributed by atoms with E-state index in [1.807, 2.05) is 0 Å². The zero-order valence-electron chi connectivity index (χ0n) is 21.9. The standard InChI is InChI=1S/C30H33F7O2/c1-2-3-4-5-19-6-8-20(9-7-19)27-13-10-22(18-38-27)30(36,37)39-23-11-12-24-21(16-23)17-26(31)25(28(24)32)14-15-29(33,34)35/h11-12,16-17,19-20,22,27H,2-10,13,18H2,1H3. The lowest BCUT2D eigenvalue weighted by molar-refractivity contribution is -0.244. The van der Waals surface area contributed by atoms with Crippen LogP contribution >= 0.6 is 0 Å². The highest BCUT2D eigenvalue weighted by Gasteiger charge is 2.46. The van der Waals surface area contributed by atoms with Crippen LogP contribution in [0.4, 0.5) is 30.7 Å². The molecule has 214 valence electrons. The van der Waals surface area contributed by atoms with Crippen LogP contribution in [0.2, 0.25) is 0 Å². The van der Waals surface area contributed by atoms with Crippen LogP contribution in [-0.2, 0) is 4.74 Å². The van der Waals surface area contributed by atoms with E-state index in [0.29, 0.717) is 12.3 Å². The molecule has 0 N–H and O–H groups in total. The first-order valence-corrected chi connectivity index (χ1v) is 13.7. The summed E-state index contributed by atoms with van der Waals surface area (Å²) in [6.45, 7) is 2.05. The van der Waals surface area contributed by atoms with Gasteiger partial charge in [0.05, 0.1) is 24.2 Å². The van der Waals surface area contributed by atoms with Gasteiger partial charge in [0.25, 0.3) is 0 Å². The molecule has 2 nitrogen and oxygen atoms in total. The van der Waals surface area contributed by atoms with E-state index >= 15 is 8.78 Å². The largest absolute Gasteiger partial charge is 0.458 e. The zero-order chi connectivity index (χ0) is 28.2. The summed E-state index contributed by atoms with van der Waals surface area (Å²) in [5, 5.41) is -0.399. The topological polar surface area (TPSA) is 18.5 Å². The molecule has 0 amide bonds. The normalized spacial score (nSPS) is 24.3. The van der Waals surface area contributed by atoms with E-state index in [0.717, 1.165) is 61.8 Å². The molecular formula is C30H33F7O2. The van der Waals surface area contributed by atoms with Crippen molar-refractivity contribution < 1.29 is 40.2 Å². The number of hydrogen-bond donors (Lipinski definition) is 0. The molecule has 0 spiro atoms. The van der Waals surface area contributed by atoms with Crippen LogP contribution in [-0.4, -0.2) is 25.0 Å². The fourth-order valence-electron chi connectivity index (χ4n) is 5.80. The number of ether oxygens (including phenoxy) is 2. The number of unbranched alkanes of at least 4 members (excludes halogenated alkanes) is 2. The lowest BCUT2D eigenvalue weighted by Crippen LogP contribution is -2.43. The Hall–Kier alpha value is -2.47. The van der Waals surface area contributed by atoms with E-state index in [1.54, 1.807) is 0 Å². The molecule has 0 aromatic heterocycles. The smallest absolute Gasteiger partial charge is 0.432 e. The predicted octanol–water partition coefficient (Wildman–Crippen LogP) is 9.19. The van der Waals surface area contributed by atoms with Crippen molar-refractivity contribution >= 4 is 10.8 Å².